The second-order valence-electron chi connectivity index (χ2n) is 7.01. The molecule has 0 aliphatic carbocycles. The average Bonchev–Trinajstić information content (AvgIpc) is 2.66. The second-order valence-corrected chi connectivity index (χ2v) is 7.68. The lowest BCUT2D eigenvalue weighted by molar-refractivity contribution is 0.110. The molecule has 2 heterocycles. The van der Waals surface area contributed by atoms with Gasteiger partial charge in [0.05, 0.1) is 6.61 Å². The summed E-state index contributed by atoms with van der Waals surface area (Å²) in [7, 11) is 2.52. The molecule has 0 saturated carbocycles. The van der Waals surface area contributed by atoms with Crippen LogP contribution in [0.1, 0.15) is 44.9 Å². The maximum absolute atomic E-state index is 14.7. The highest BCUT2D eigenvalue weighted by Gasteiger charge is 2.28. The van der Waals surface area contributed by atoms with Crippen molar-refractivity contribution in [3.8, 4) is 17.0 Å². The molecule has 3 rings (SSSR count). The van der Waals surface area contributed by atoms with Crippen molar-refractivity contribution in [2.24, 2.45) is 5.92 Å². The molecule has 0 radical (unpaired) electrons. The van der Waals surface area contributed by atoms with E-state index in [1.165, 1.54) is 6.07 Å². The van der Waals surface area contributed by atoms with Gasteiger partial charge < -0.3 is 9.47 Å². The van der Waals surface area contributed by atoms with Crippen LogP contribution in [0.15, 0.2) is 30.8 Å². The third-order valence-corrected chi connectivity index (χ3v) is 5.55. The number of rotatable bonds is 6. The van der Waals surface area contributed by atoms with E-state index >= 15 is 0 Å². The van der Waals surface area contributed by atoms with E-state index in [2.05, 4.69) is 34.7 Å². The van der Waals surface area contributed by atoms with E-state index in [9.17, 15) is 4.39 Å². The monoisotopic (exact) mass is 387 g/mol. The molecular formula is C22H27FNO2P. The summed E-state index contributed by atoms with van der Waals surface area (Å²) in [5.41, 5.74) is 2.90. The summed E-state index contributed by atoms with van der Waals surface area (Å²) in [5, 5.41) is 0.811. The highest BCUT2D eigenvalue weighted by Crippen LogP contribution is 2.38. The van der Waals surface area contributed by atoms with E-state index in [1.54, 1.807) is 6.07 Å². The lowest BCUT2D eigenvalue weighted by Crippen LogP contribution is -2.30. The van der Waals surface area contributed by atoms with Gasteiger partial charge in [0.15, 0.2) is 0 Å². The van der Waals surface area contributed by atoms with E-state index in [0.717, 1.165) is 35.7 Å². The van der Waals surface area contributed by atoms with Gasteiger partial charge in [-0.2, -0.15) is 0 Å². The molecule has 2 aromatic rings. The molecule has 3 atom stereocenters. The Morgan fingerprint density at radius 1 is 1.37 bits per heavy atom. The zero-order valence-corrected chi connectivity index (χ0v) is 17.4. The van der Waals surface area contributed by atoms with Crippen LogP contribution in [0.4, 0.5) is 4.39 Å². The maximum atomic E-state index is 14.7. The SMILES string of the molecule is C=C(OCC)c1cc(-c2ccc(P)cc2F)c2c(n1)OC(C(C)CC)CC2. The molecule has 5 heteroatoms. The Bertz CT molecular complexity index is 852. The standard InChI is InChI=1S/C22H27FNO2P/c1-5-13(3)21-10-9-17-18(16-8-7-15(27)11-19(16)23)12-20(14(4)25-6-2)24-22(17)26-21/h7-8,11-13,21H,4-6,9-10,27H2,1-3H3. The molecular weight excluding hydrogens is 360 g/mol. The average molecular weight is 387 g/mol. The Balaban J connectivity index is 2.12. The molecule has 1 aliphatic heterocycles. The number of ether oxygens (including phenoxy) is 2. The number of benzene rings is 1. The minimum Gasteiger partial charge on any atom is -0.492 e. The van der Waals surface area contributed by atoms with Gasteiger partial charge in [0.2, 0.25) is 5.88 Å². The predicted octanol–water partition coefficient (Wildman–Crippen LogP) is 5.14. The molecule has 1 aliphatic rings. The molecule has 1 aromatic carbocycles. The first-order chi connectivity index (χ1) is 12.9. The number of hydrogen-bond acceptors (Lipinski definition) is 3. The van der Waals surface area contributed by atoms with E-state index in [4.69, 9.17) is 9.47 Å². The van der Waals surface area contributed by atoms with Crippen LogP contribution in [0.3, 0.4) is 0 Å². The van der Waals surface area contributed by atoms with E-state index in [1.807, 2.05) is 19.1 Å². The van der Waals surface area contributed by atoms with Crippen molar-refractivity contribution in [3.63, 3.8) is 0 Å². The summed E-state index contributed by atoms with van der Waals surface area (Å²) in [5.74, 6) is 1.23. The number of aromatic nitrogens is 1. The van der Waals surface area contributed by atoms with Crippen LogP contribution in [-0.2, 0) is 11.2 Å². The third-order valence-electron chi connectivity index (χ3n) is 5.19. The lowest BCUT2D eigenvalue weighted by Gasteiger charge is -2.31. The van der Waals surface area contributed by atoms with Crippen molar-refractivity contribution in [1.29, 1.82) is 0 Å². The minimum atomic E-state index is -0.257. The molecule has 144 valence electrons. The Morgan fingerprint density at radius 2 is 2.15 bits per heavy atom. The number of pyridine rings is 1. The van der Waals surface area contributed by atoms with Crippen molar-refractivity contribution in [2.75, 3.05) is 6.61 Å². The highest BCUT2D eigenvalue weighted by molar-refractivity contribution is 7.27. The van der Waals surface area contributed by atoms with E-state index in [0.29, 0.717) is 35.4 Å². The summed E-state index contributed by atoms with van der Waals surface area (Å²) < 4.78 is 26.5. The molecule has 0 amide bonds. The van der Waals surface area contributed by atoms with E-state index < -0.39 is 0 Å². The third kappa shape index (κ3) is 4.16. The summed E-state index contributed by atoms with van der Waals surface area (Å²) in [6.45, 7) is 10.7. The fraction of sp³-hybridized carbons (Fsp3) is 0.409. The van der Waals surface area contributed by atoms with Crippen molar-refractivity contribution in [1.82, 2.24) is 4.98 Å². The van der Waals surface area contributed by atoms with Crippen LogP contribution in [-0.4, -0.2) is 17.7 Å². The molecule has 0 fully saturated rings. The topological polar surface area (TPSA) is 31.4 Å². The molecule has 0 bridgehead atoms. The molecule has 0 N–H and O–H groups in total. The van der Waals surface area contributed by atoms with Crippen LogP contribution in [0.5, 0.6) is 5.88 Å². The molecule has 1 aromatic heterocycles. The molecule has 27 heavy (non-hydrogen) atoms. The first-order valence-electron chi connectivity index (χ1n) is 9.52. The Labute approximate surface area is 163 Å². The Kier molecular flexibility index (Phi) is 6.16. The fourth-order valence-corrected chi connectivity index (χ4v) is 3.66. The van der Waals surface area contributed by atoms with Gasteiger partial charge in [-0.25, -0.2) is 9.37 Å². The number of halogens is 1. The first-order valence-corrected chi connectivity index (χ1v) is 10.1. The van der Waals surface area contributed by atoms with Gasteiger partial charge in [0, 0.05) is 11.1 Å². The van der Waals surface area contributed by atoms with Gasteiger partial charge in [-0.1, -0.05) is 39.0 Å². The van der Waals surface area contributed by atoms with Gasteiger partial charge >= 0.3 is 0 Å². The van der Waals surface area contributed by atoms with Gasteiger partial charge in [-0.15, -0.1) is 9.24 Å². The Morgan fingerprint density at radius 3 is 2.81 bits per heavy atom. The smallest absolute Gasteiger partial charge is 0.218 e. The summed E-state index contributed by atoms with van der Waals surface area (Å²) >= 11 is 0. The summed E-state index contributed by atoms with van der Waals surface area (Å²) in [6, 6.07) is 7.08. The van der Waals surface area contributed by atoms with Crippen LogP contribution >= 0.6 is 9.24 Å². The molecule has 0 saturated heterocycles. The number of nitrogens with zero attached hydrogens (tertiary/aromatic N) is 1. The van der Waals surface area contributed by atoms with Crippen molar-refractivity contribution in [3.05, 3.63) is 47.9 Å². The van der Waals surface area contributed by atoms with Gasteiger partial charge in [0.1, 0.15) is 23.4 Å². The fourth-order valence-electron chi connectivity index (χ4n) is 3.42. The van der Waals surface area contributed by atoms with Crippen LogP contribution in [0, 0.1) is 11.7 Å². The van der Waals surface area contributed by atoms with Gasteiger partial charge in [0.25, 0.3) is 0 Å². The summed E-state index contributed by atoms with van der Waals surface area (Å²) in [6.07, 6.45) is 2.89. The minimum absolute atomic E-state index is 0.123. The largest absolute Gasteiger partial charge is 0.492 e. The van der Waals surface area contributed by atoms with Gasteiger partial charge in [-0.3, -0.25) is 0 Å². The highest BCUT2D eigenvalue weighted by atomic mass is 31.0. The van der Waals surface area contributed by atoms with Crippen LogP contribution in [0.2, 0.25) is 0 Å². The van der Waals surface area contributed by atoms with E-state index in [-0.39, 0.29) is 11.9 Å². The van der Waals surface area contributed by atoms with Crippen molar-refractivity contribution < 1.29 is 13.9 Å². The zero-order chi connectivity index (χ0) is 19.6. The van der Waals surface area contributed by atoms with Gasteiger partial charge in [-0.05, 0) is 48.7 Å². The van der Waals surface area contributed by atoms with Crippen LogP contribution < -0.4 is 10.0 Å². The lowest BCUT2D eigenvalue weighted by atomic mass is 9.90. The normalized spacial score (nSPS) is 17.0. The van der Waals surface area contributed by atoms with Crippen molar-refractivity contribution in [2.45, 2.75) is 46.1 Å². The Hall–Kier alpha value is -1.93. The maximum Gasteiger partial charge on any atom is 0.218 e. The zero-order valence-electron chi connectivity index (χ0n) is 16.2. The van der Waals surface area contributed by atoms with Crippen LogP contribution in [0.25, 0.3) is 16.9 Å². The summed E-state index contributed by atoms with van der Waals surface area (Å²) in [4.78, 5) is 4.66. The first kappa shape index (κ1) is 19.8. The second kappa shape index (κ2) is 8.39. The quantitative estimate of drug-likeness (QED) is 0.508. The molecule has 3 unspecified atom stereocenters. The molecule has 0 spiro atoms. The number of hydrogen-bond donors (Lipinski definition) is 0. The molecule has 3 nitrogen and oxygen atoms in total. The van der Waals surface area contributed by atoms with Crippen molar-refractivity contribution >= 4 is 20.3 Å². The number of fused-ring (bicyclic) bond motifs is 1. The predicted molar refractivity (Wildman–Crippen MR) is 112 cm³/mol.